The molecule has 0 radical (unpaired) electrons. The fourth-order valence-corrected chi connectivity index (χ4v) is 0.741. The summed E-state index contributed by atoms with van der Waals surface area (Å²) >= 11 is 0. The minimum Gasteiger partial charge on any atom is -0.748 e. The molecule has 0 unspecified atom stereocenters. The van der Waals surface area contributed by atoms with E-state index in [0.29, 0.717) is 0 Å². The first-order valence-corrected chi connectivity index (χ1v) is 6.45. The van der Waals surface area contributed by atoms with Gasteiger partial charge in [0.2, 0.25) is 10.4 Å². The molecule has 0 spiro atoms. The maximum Gasteiger partial charge on any atom is 1.00 e. The Labute approximate surface area is 151 Å². The Bertz CT molecular complexity index is 401. The van der Waals surface area contributed by atoms with Gasteiger partial charge in [-0.25, -0.2) is 21.7 Å². The molecule has 0 saturated heterocycles. The minimum atomic E-state index is -4.72. The van der Waals surface area contributed by atoms with Crippen molar-refractivity contribution < 1.29 is 94.3 Å². The standard InChI is InChI=1S/C3H6O5S.C3H6O3S.2Na/c1-2-3-7-8-9(4,5)6;1-2-3-7(4,5)6;;/h2H,1,3H2,(H,4,5,6);2H,1,3H2,(H,4,5,6);;/q;;2*+1/p-2. The third-order valence-electron chi connectivity index (χ3n) is 0.639. The van der Waals surface area contributed by atoms with Crippen LogP contribution in [-0.2, 0) is 29.7 Å². The van der Waals surface area contributed by atoms with Crippen molar-refractivity contribution in [3.63, 3.8) is 0 Å². The molecular formula is C6H10Na2O8S2. The molecule has 18 heavy (non-hydrogen) atoms. The van der Waals surface area contributed by atoms with Crippen molar-refractivity contribution in [3.8, 4) is 0 Å². The molecule has 0 aromatic rings. The molecule has 0 bridgehead atoms. The second-order valence-electron chi connectivity index (χ2n) is 2.06. The van der Waals surface area contributed by atoms with Crippen molar-refractivity contribution in [1.82, 2.24) is 0 Å². The van der Waals surface area contributed by atoms with Gasteiger partial charge in [0.1, 0.15) is 6.61 Å². The summed E-state index contributed by atoms with van der Waals surface area (Å²) in [6.45, 7) is 6.11. The number of hydrogen-bond donors (Lipinski definition) is 0. The molecule has 0 aromatic carbocycles. The van der Waals surface area contributed by atoms with Gasteiger partial charge in [-0.1, -0.05) is 12.2 Å². The van der Waals surface area contributed by atoms with Crippen LogP contribution in [0.15, 0.2) is 25.3 Å². The summed E-state index contributed by atoms with van der Waals surface area (Å²) in [6.07, 6.45) is 2.30. The molecular weight excluding hydrogens is 310 g/mol. The van der Waals surface area contributed by atoms with Crippen molar-refractivity contribution >= 4 is 20.5 Å². The fourth-order valence-electron chi connectivity index (χ4n) is 0.279. The van der Waals surface area contributed by atoms with Gasteiger partial charge in [-0.2, -0.15) is 0 Å². The van der Waals surface area contributed by atoms with Gasteiger partial charge in [0.05, 0.1) is 15.9 Å². The second-order valence-corrected chi connectivity index (χ2v) is 4.46. The van der Waals surface area contributed by atoms with Crippen molar-refractivity contribution in [2.24, 2.45) is 0 Å². The van der Waals surface area contributed by atoms with Crippen LogP contribution in [0.25, 0.3) is 0 Å². The van der Waals surface area contributed by atoms with E-state index >= 15 is 0 Å². The van der Waals surface area contributed by atoms with Crippen LogP contribution in [0.5, 0.6) is 0 Å². The molecule has 0 fully saturated rings. The summed E-state index contributed by atoms with van der Waals surface area (Å²) in [7, 11) is -8.76. The molecule has 0 atom stereocenters. The van der Waals surface area contributed by atoms with E-state index in [9.17, 15) is 25.9 Å². The predicted molar refractivity (Wildman–Crippen MR) is 51.7 cm³/mol. The van der Waals surface area contributed by atoms with Crippen LogP contribution in [0.4, 0.5) is 0 Å². The Hall–Kier alpha value is 1.22. The van der Waals surface area contributed by atoms with E-state index in [0.717, 1.165) is 6.08 Å². The van der Waals surface area contributed by atoms with E-state index in [4.69, 9.17) is 0 Å². The van der Waals surface area contributed by atoms with Crippen molar-refractivity contribution in [3.05, 3.63) is 25.3 Å². The zero-order valence-corrected chi connectivity index (χ0v) is 15.7. The summed E-state index contributed by atoms with van der Waals surface area (Å²) in [4.78, 5) is 3.83. The van der Waals surface area contributed by atoms with E-state index in [-0.39, 0.29) is 65.7 Å². The van der Waals surface area contributed by atoms with Crippen molar-refractivity contribution in [2.75, 3.05) is 12.4 Å². The van der Waals surface area contributed by atoms with Crippen LogP contribution in [0.2, 0.25) is 0 Å². The first kappa shape index (κ1) is 27.5. The molecule has 0 aliphatic rings. The monoisotopic (exact) mass is 320 g/mol. The van der Waals surface area contributed by atoms with Crippen LogP contribution in [0, 0.1) is 0 Å². The molecule has 12 heteroatoms. The van der Waals surface area contributed by atoms with Gasteiger partial charge in [-0.3, -0.25) is 0 Å². The van der Waals surface area contributed by atoms with Gasteiger partial charge in [0.15, 0.2) is 0 Å². The van der Waals surface area contributed by atoms with Gasteiger partial charge in [-0.15, -0.1) is 17.5 Å². The number of rotatable bonds is 6. The van der Waals surface area contributed by atoms with Crippen LogP contribution >= 0.6 is 0 Å². The zero-order valence-electron chi connectivity index (χ0n) is 10.1. The number of hydrogen-bond acceptors (Lipinski definition) is 8. The van der Waals surface area contributed by atoms with Gasteiger partial charge in [0, 0.05) is 0 Å². The SMILES string of the molecule is C=CCOOS(=O)(=O)[O-].C=CCS(=O)(=O)[O-].[Na+].[Na+]. The third kappa shape index (κ3) is 36.0. The molecule has 0 N–H and O–H groups in total. The first-order chi connectivity index (χ1) is 7.12. The van der Waals surface area contributed by atoms with E-state index in [1.807, 2.05) is 0 Å². The average Bonchev–Trinajstić information content (AvgIpc) is 2.01. The van der Waals surface area contributed by atoms with Crippen molar-refractivity contribution in [2.45, 2.75) is 0 Å². The topological polar surface area (TPSA) is 133 Å². The van der Waals surface area contributed by atoms with Gasteiger partial charge in [0.25, 0.3) is 0 Å². The molecule has 0 aliphatic heterocycles. The maximum absolute atomic E-state index is 9.60. The Kier molecular flexibility index (Phi) is 22.4. The Morgan fingerprint density at radius 2 is 1.44 bits per heavy atom. The summed E-state index contributed by atoms with van der Waals surface area (Å²) < 4.78 is 60.8. The van der Waals surface area contributed by atoms with Gasteiger partial charge in [-0.05, 0) is 0 Å². The van der Waals surface area contributed by atoms with Crippen LogP contribution < -0.4 is 59.1 Å². The largest absolute Gasteiger partial charge is 1.00 e. The molecule has 0 saturated carbocycles. The fraction of sp³-hybridized carbons (Fsp3) is 0.333. The Morgan fingerprint density at radius 1 is 1.00 bits per heavy atom. The second kappa shape index (κ2) is 14.6. The van der Waals surface area contributed by atoms with Gasteiger partial charge < -0.3 is 9.11 Å². The van der Waals surface area contributed by atoms with Crippen molar-refractivity contribution in [1.29, 1.82) is 0 Å². The first-order valence-electron chi connectivity index (χ1n) is 3.54. The van der Waals surface area contributed by atoms with Gasteiger partial charge >= 0.3 is 59.1 Å². The Morgan fingerprint density at radius 3 is 1.61 bits per heavy atom. The molecule has 0 rings (SSSR count). The predicted octanol–water partition coefficient (Wildman–Crippen LogP) is -6.69. The molecule has 0 aromatic heterocycles. The molecule has 8 nitrogen and oxygen atoms in total. The molecule has 96 valence electrons. The summed E-state index contributed by atoms with van der Waals surface area (Å²) in [5, 5.41) is 0. The van der Waals surface area contributed by atoms with E-state index in [1.54, 1.807) is 0 Å². The average molecular weight is 320 g/mol. The third-order valence-corrected chi connectivity index (χ3v) is 1.55. The summed E-state index contributed by atoms with van der Waals surface area (Å²) in [6, 6.07) is 0. The molecule has 0 aliphatic carbocycles. The maximum atomic E-state index is 9.60. The van der Waals surface area contributed by atoms with Crippen LogP contribution in [0.3, 0.4) is 0 Å². The minimum absolute atomic E-state index is 0. The smallest absolute Gasteiger partial charge is 0.748 e. The van der Waals surface area contributed by atoms with E-state index in [2.05, 4.69) is 22.4 Å². The molecule has 0 heterocycles. The summed E-state index contributed by atoms with van der Waals surface area (Å²) in [5.74, 6) is -0.479. The zero-order chi connectivity index (χ0) is 13.2. The van der Waals surface area contributed by atoms with Crippen LogP contribution in [0.1, 0.15) is 0 Å². The van der Waals surface area contributed by atoms with E-state index in [1.165, 1.54) is 6.08 Å². The van der Waals surface area contributed by atoms with Crippen LogP contribution in [-0.4, -0.2) is 38.3 Å². The quantitative estimate of drug-likeness (QED) is 0.0897. The Balaban J connectivity index is -0.000000100. The normalized spacial score (nSPS) is 9.89. The van der Waals surface area contributed by atoms with E-state index < -0.39 is 26.3 Å². The molecule has 0 amide bonds. The summed E-state index contributed by atoms with van der Waals surface area (Å²) in [5.41, 5.74) is 0.